The highest BCUT2D eigenvalue weighted by Gasteiger charge is 2.11. The lowest BCUT2D eigenvalue weighted by atomic mass is 10.1. The van der Waals surface area contributed by atoms with Crippen LogP contribution >= 0.6 is 0 Å². The number of unbranched alkanes of at least 4 members (excludes halogenated alkanes) is 2. The maximum Gasteiger partial charge on any atom is 0.280 e. The van der Waals surface area contributed by atoms with Gasteiger partial charge in [0.05, 0.1) is 0 Å². The largest absolute Gasteiger partial charge is 0.368 e. The second-order valence-corrected chi connectivity index (χ2v) is 3.40. The van der Waals surface area contributed by atoms with Crippen molar-refractivity contribution in [3.63, 3.8) is 0 Å². The molecule has 2 N–H and O–H groups in total. The minimum Gasteiger partial charge on any atom is -0.368 e. The number of nitrogen functional groups attached to an aromatic ring is 1. The van der Waals surface area contributed by atoms with Crippen LogP contribution in [0.25, 0.3) is 0 Å². The predicted molar refractivity (Wildman–Crippen MR) is 54.6 cm³/mol. The molecule has 1 aromatic rings. The van der Waals surface area contributed by atoms with Crippen molar-refractivity contribution in [3.8, 4) is 0 Å². The first-order valence-electron chi connectivity index (χ1n) is 5.05. The molecule has 0 unspecified atom stereocenters. The lowest BCUT2D eigenvalue weighted by molar-refractivity contribution is 0.146. The summed E-state index contributed by atoms with van der Waals surface area (Å²) >= 11 is 0. The van der Waals surface area contributed by atoms with E-state index in [1.807, 2.05) is 0 Å². The van der Waals surface area contributed by atoms with Crippen molar-refractivity contribution in [3.05, 3.63) is 17.5 Å². The highest BCUT2D eigenvalue weighted by molar-refractivity contribution is 5.23. The smallest absolute Gasteiger partial charge is 0.280 e. The summed E-state index contributed by atoms with van der Waals surface area (Å²) in [6.07, 6.45) is 1.19. The summed E-state index contributed by atoms with van der Waals surface area (Å²) in [5, 5.41) is 0. The molecule has 0 spiro atoms. The van der Waals surface area contributed by atoms with Crippen molar-refractivity contribution in [1.29, 1.82) is 0 Å². The molecule has 0 saturated heterocycles. The van der Waals surface area contributed by atoms with Crippen LogP contribution in [0.1, 0.15) is 44.0 Å². The molecule has 1 rings (SSSR count). The molecule has 0 atom stereocenters. The van der Waals surface area contributed by atoms with Crippen molar-refractivity contribution in [2.45, 2.75) is 39.0 Å². The molecular weight excluding hydrogens is 200 g/mol. The van der Waals surface area contributed by atoms with E-state index in [1.54, 1.807) is 0 Å². The van der Waals surface area contributed by atoms with Crippen LogP contribution in [-0.4, -0.2) is 9.97 Å². The van der Waals surface area contributed by atoms with Crippen molar-refractivity contribution < 1.29 is 8.78 Å². The van der Waals surface area contributed by atoms with E-state index >= 15 is 0 Å². The van der Waals surface area contributed by atoms with Gasteiger partial charge in [-0.05, 0) is 18.9 Å². The molecule has 0 bridgehead atoms. The molecule has 0 aliphatic heterocycles. The van der Waals surface area contributed by atoms with E-state index in [0.717, 1.165) is 19.3 Å². The fourth-order valence-corrected chi connectivity index (χ4v) is 1.34. The Morgan fingerprint density at radius 1 is 1.33 bits per heavy atom. The fraction of sp³-hybridized carbons (Fsp3) is 0.600. The molecule has 0 aliphatic rings. The van der Waals surface area contributed by atoms with Crippen LogP contribution in [0.15, 0.2) is 6.07 Å². The monoisotopic (exact) mass is 215 g/mol. The van der Waals surface area contributed by atoms with Crippen molar-refractivity contribution in [2.24, 2.45) is 0 Å². The van der Waals surface area contributed by atoms with Crippen molar-refractivity contribution >= 4 is 5.95 Å². The molecule has 1 heterocycles. The van der Waals surface area contributed by atoms with Crippen LogP contribution < -0.4 is 5.73 Å². The Kier molecular flexibility index (Phi) is 4.39. The van der Waals surface area contributed by atoms with Gasteiger partial charge in [-0.3, -0.25) is 0 Å². The van der Waals surface area contributed by atoms with Crippen molar-refractivity contribution in [2.75, 3.05) is 5.73 Å². The Balaban J connectivity index is 2.71. The third-order valence-electron chi connectivity index (χ3n) is 2.08. The van der Waals surface area contributed by atoms with Crippen LogP contribution in [0.5, 0.6) is 0 Å². The van der Waals surface area contributed by atoms with Gasteiger partial charge in [0.25, 0.3) is 6.43 Å². The number of aryl methyl sites for hydroxylation is 1. The van der Waals surface area contributed by atoms with Crippen LogP contribution in [0.3, 0.4) is 0 Å². The third-order valence-corrected chi connectivity index (χ3v) is 2.08. The topological polar surface area (TPSA) is 51.8 Å². The van der Waals surface area contributed by atoms with Gasteiger partial charge >= 0.3 is 0 Å². The highest BCUT2D eigenvalue weighted by atomic mass is 19.3. The van der Waals surface area contributed by atoms with E-state index in [0.29, 0.717) is 12.1 Å². The zero-order valence-electron chi connectivity index (χ0n) is 8.71. The highest BCUT2D eigenvalue weighted by Crippen LogP contribution is 2.18. The molecule has 0 aliphatic carbocycles. The van der Waals surface area contributed by atoms with Gasteiger partial charge in [0.2, 0.25) is 5.95 Å². The first-order chi connectivity index (χ1) is 7.13. The van der Waals surface area contributed by atoms with Gasteiger partial charge in [0, 0.05) is 5.69 Å². The van der Waals surface area contributed by atoms with Crippen LogP contribution in [0, 0.1) is 0 Å². The number of alkyl halides is 2. The summed E-state index contributed by atoms with van der Waals surface area (Å²) < 4.78 is 24.7. The first kappa shape index (κ1) is 11.8. The first-order valence-corrected chi connectivity index (χ1v) is 5.05. The van der Waals surface area contributed by atoms with Gasteiger partial charge in [-0.25, -0.2) is 18.7 Å². The molecule has 84 valence electrons. The second-order valence-electron chi connectivity index (χ2n) is 3.40. The average Bonchev–Trinajstić information content (AvgIpc) is 2.17. The lowest BCUT2D eigenvalue weighted by Gasteiger charge is -2.04. The van der Waals surface area contributed by atoms with Crippen LogP contribution in [0.2, 0.25) is 0 Å². The summed E-state index contributed by atoms with van der Waals surface area (Å²) in [4.78, 5) is 7.40. The van der Waals surface area contributed by atoms with Gasteiger partial charge in [-0.15, -0.1) is 0 Å². The Morgan fingerprint density at radius 3 is 2.67 bits per heavy atom. The molecule has 0 aromatic carbocycles. The quantitative estimate of drug-likeness (QED) is 0.768. The molecule has 5 heteroatoms. The zero-order chi connectivity index (χ0) is 11.3. The molecule has 0 fully saturated rings. The van der Waals surface area contributed by atoms with Gasteiger partial charge in [0.15, 0.2) is 0 Å². The summed E-state index contributed by atoms with van der Waals surface area (Å²) in [7, 11) is 0. The number of hydrogen-bond donors (Lipinski definition) is 1. The number of halogens is 2. The van der Waals surface area contributed by atoms with Gasteiger partial charge in [0.1, 0.15) is 5.69 Å². The standard InChI is InChI=1S/C10H15F2N3/c1-2-3-4-5-7-6-8(9(11)12)15-10(13)14-7/h6,9H,2-5H2,1H3,(H2,13,14,15). The SMILES string of the molecule is CCCCCc1cc(C(F)F)nc(N)n1. The Labute approximate surface area is 87.7 Å². The van der Waals surface area contributed by atoms with E-state index in [1.165, 1.54) is 6.07 Å². The lowest BCUT2D eigenvalue weighted by Crippen LogP contribution is -2.03. The van der Waals surface area contributed by atoms with E-state index in [-0.39, 0.29) is 11.6 Å². The predicted octanol–water partition coefficient (Wildman–Crippen LogP) is 2.73. The summed E-state index contributed by atoms with van der Waals surface area (Å²) in [5.41, 5.74) is 5.67. The van der Waals surface area contributed by atoms with Gasteiger partial charge in [-0.1, -0.05) is 19.8 Å². The van der Waals surface area contributed by atoms with Gasteiger partial charge in [-0.2, -0.15) is 0 Å². The molecule has 0 saturated carbocycles. The van der Waals surface area contributed by atoms with Crippen molar-refractivity contribution in [1.82, 2.24) is 9.97 Å². The van der Waals surface area contributed by atoms with E-state index in [2.05, 4.69) is 16.9 Å². The number of aromatic nitrogens is 2. The maximum absolute atomic E-state index is 12.4. The summed E-state index contributed by atoms with van der Waals surface area (Å²) in [5.74, 6) is -0.0701. The number of nitrogens with zero attached hydrogens (tertiary/aromatic N) is 2. The maximum atomic E-state index is 12.4. The molecule has 15 heavy (non-hydrogen) atoms. The minimum absolute atomic E-state index is 0.0701. The van der Waals surface area contributed by atoms with Crippen LogP contribution in [-0.2, 0) is 6.42 Å². The molecule has 1 aromatic heterocycles. The number of rotatable bonds is 5. The van der Waals surface area contributed by atoms with E-state index in [4.69, 9.17) is 5.73 Å². The zero-order valence-corrected chi connectivity index (χ0v) is 8.71. The molecule has 3 nitrogen and oxygen atoms in total. The molecule has 0 amide bonds. The number of nitrogens with two attached hydrogens (primary N) is 1. The Morgan fingerprint density at radius 2 is 2.07 bits per heavy atom. The third kappa shape index (κ3) is 3.77. The Bertz CT molecular complexity index is 316. The fourth-order valence-electron chi connectivity index (χ4n) is 1.34. The van der Waals surface area contributed by atoms with Crippen LogP contribution in [0.4, 0.5) is 14.7 Å². The number of hydrogen-bond acceptors (Lipinski definition) is 3. The molecular formula is C10H15F2N3. The van der Waals surface area contributed by atoms with Gasteiger partial charge < -0.3 is 5.73 Å². The number of anilines is 1. The Hall–Kier alpha value is -1.26. The summed E-state index contributed by atoms with van der Waals surface area (Å²) in [6.45, 7) is 2.08. The molecule has 0 radical (unpaired) electrons. The normalized spacial score (nSPS) is 10.9. The summed E-state index contributed by atoms with van der Waals surface area (Å²) in [6, 6.07) is 1.33. The van der Waals surface area contributed by atoms with E-state index in [9.17, 15) is 8.78 Å². The second kappa shape index (κ2) is 5.58. The average molecular weight is 215 g/mol. The van der Waals surface area contributed by atoms with E-state index < -0.39 is 6.43 Å². The minimum atomic E-state index is -2.58.